The first-order valence-corrected chi connectivity index (χ1v) is 11.9. The van der Waals surface area contributed by atoms with Crippen LogP contribution in [0.1, 0.15) is 31.7 Å². The molecule has 1 unspecified atom stereocenters. The molecule has 3 aliphatic heterocycles. The molecule has 0 spiro atoms. The van der Waals surface area contributed by atoms with Crippen LogP contribution < -0.4 is 9.47 Å². The van der Waals surface area contributed by atoms with Crippen LogP contribution in [-0.2, 0) is 26.2 Å². The molecule has 164 valence electrons. The van der Waals surface area contributed by atoms with E-state index in [4.69, 9.17) is 9.47 Å². The number of carbonyl (C=O) groups is 2. The van der Waals surface area contributed by atoms with Crippen LogP contribution in [0.4, 0.5) is 0 Å². The Bertz CT molecular complexity index is 926. The molecular weight excluding hydrogens is 410 g/mol. The SMILES string of the molecule is CCCS(=O)(=O)N1CCN(C(=O)C2CCC(=O)N2Cc2ccc3c(c2)OCO3)CC1. The molecule has 10 heteroatoms. The van der Waals surface area contributed by atoms with Gasteiger partial charge in [-0.25, -0.2) is 8.42 Å². The minimum absolute atomic E-state index is 0.0461. The summed E-state index contributed by atoms with van der Waals surface area (Å²) in [5.74, 6) is 1.30. The van der Waals surface area contributed by atoms with Gasteiger partial charge in [-0.1, -0.05) is 13.0 Å². The lowest BCUT2D eigenvalue weighted by molar-refractivity contribution is -0.142. The minimum Gasteiger partial charge on any atom is -0.454 e. The minimum atomic E-state index is -3.26. The van der Waals surface area contributed by atoms with Gasteiger partial charge in [-0.15, -0.1) is 0 Å². The van der Waals surface area contributed by atoms with Crippen LogP contribution in [0.2, 0.25) is 0 Å². The lowest BCUT2D eigenvalue weighted by atomic mass is 10.1. The zero-order valence-electron chi connectivity index (χ0n) is 17.1. The average molecular weight is 438 g/mol. The van der Waals surface area contributed by atoms with Crippen LogP contribution in [0.3, 0.4) is 0 Å². The Morgan fingerprint density at radius 3 is 2.60 bits per heavy atom. The van der Waals surface area contributed by atoms with Gasteiger partial charge < -0.3 is 19.3 Å². The molecule has 0 aromatic heterocycles. The molecule has 2 fully saturated rings. The summed E-state index contributed by atoms with van der Waals surface area (Å²) in [4.78, 5) is 28.9. The van der Waals surface area contributed by atoms with Crippen molar-refractivity contribution in [1.29, 1.82) is 0 Å². The molecule has 30 heavy (non-hydrogen) atoms. The van der Waals surface area contributed by atoms with Crippen molar-refractivity contribution in [2.45, 2.75) is 38.8 Å². The number of sulfonamides is 1. The number of rotatable bonds is 6. The summed E-state index contributed by atoms with van der Waals surface area (Å²) in [7, 11) is -3.26. The first kappa shape index (κ1) is 20.9. The summed E-state index contributed by atoms with van der Waals surface area (Å²) < 4.78 is 36.7. The Hall–Kier alpha value is -2.33. The fraction of sp³-hybridized carbons (Fsp3) is 0.600. The third-order valence-corrected chi connectivity index (χ3v) is 7.89. The maximum atomic E-state index is 13.1. The summed E-state index contributed by atoms with van der Waals surface area (Å²) >= 11 is 0. The second kappa shape index (κ2) is 8.43. The summed E-state index contributed by atoms with van der Waals surface area (Å²) in [5.41, 5.74) is 0.878. The van der Waals surface area contributed by atoms with Crippen LogP contribution >= 0.6 is 0 Å². The van der Waals surface area contributed by atoms with Crippen molar-refractivity contribution in [3.05, 3.63) is 23.8 Å². The average Bonchev–Trinajstić information content (AvgIpc) is 3.34. The summed E-state index contributed by atoms with van der Waals surface area (Å²) in [6, 6.07) is 5.01. The van der Waals surface area contributed by atoms with Gasteiger partial charge in [-0.2, -0.15) is 4.31 Å². The highest BCUT2D eigenvalue weighted by molar-refractivity contribution is 7.89. The molecule has 3 heterocycles. The van der Waals surface area contributed by atoms with Gasteiger partial charge in [0.25, 0.3) is 0 Å². The van der Waals surface area contributed by atoms with E-state index in [0.717, 1.165) is 5.56 Å². The van der Waals surface area contributed by atoms with E-state index in [1.54, 1.807) is 9.80 Å². The third kappa shape index (κ3) is 4.11. The molecular formula is C20H27N3O6S. The fourth-order valence-corrected chi connectivity index (χ4v) is 5.70. The third-order valence-electron chi connectivity index (χ3n) is 5.81. The van der Waals surface area contributed by atoms with E-state index in [9.17, 15) is 18.0 Å². The Morgan fingerprint density at radius 1 is 1.13 bits per heavy atom. The standard InChI is InChI=1S/C20H27N3O6S/c1-2-11-30(26,27)22-9-7-21(8-10-22)20(25)16-4-6-19(24)23(16)13-15-3-5-17-18(12-15)29-14-28-17/h3,5,12,16H,2,4,6-11,13-14H2,1H3. The number of piperazine rings is 1. The summed E-state index contributed by atoms with van der Waals surface area (Å²) in [6.45, 7) is 3.66. The molecule has 0 N–H and O–H groups in total. The highest BCUT2D eigenvalue weighted by Crippen LogP contribution is 2.33. The molecule has 0 radical (unpaired) electrons. The van der Waals surface area contributed by atoms with Crippen LogP contribution in [0.5, 0.6) is 11.5 Å². The molecule has 1 aromatic rings. The molecule has 9 nitrogen and oxygen atoms in total. The fourth-order valence-electron chi connectivity index (χ4n) is 4.21. The van der Waals surface area contributed by atoms with Crippen molar-refractivity contribution in [3.63, 3.8) is 0 Å². The van der Waals surface area contributed by atoms with Gasteiger partial charge in [0.1, 0.15) is 6.04 Å². The van der Waals surface area contributed by atoms with Gasteiger partial charge in [0, 0.05) is 39.1 Å². The number of fused-ring (bicyclic) bond motifs is 1. The van der Waals surface area contributed by atoms with Crippen molar-refractivity contribution in [2.75, 3.05) is 38.7 Å². The lowest BCUT2D eigenvalue weighted by Gasteiger charge is -2.36. The van der Waals surface area contributed by atoms with Gasteiger partial charge in [-0.05, 0) is 30.5 Å². The zero-order valence-corrected chi connectivity index (χ0v) is 17.9. The van der Waals surface area contributed by atoms with Crippen LogP contribution in [0.15, 0.2) is 18.2 Å². The second-order valence-electron chi connectivity index (χ2n) is 7.80. The number of benzene rings is 1. The second-order valence-corrected chi connectivity index (χ2v) is 9.89. The Morgan fingerprint density at radius 2 is 1.87 bits per heavy atom. The number of carbonyl (C=O) groups excluding carboxylic acids is 2. The highest BCUT2D eigenvalue weighted by atomic mass is 32.2. The molecule has 1 atom stereocenters. The molecule has 0 bridgehead atoms. The van der Waals surface area contributed by atoms with Gasteiger partial charge >= 0.3 is 0 Å². The van der Waals surface area contributed by atoms with Gasteiger partial charge in [-0.3, -0.25) is 9.59 Å². The predicted octanol–water partition coefficient (Wildman–Crippen LogP) is 0.790. The smallest absolute Gasteiger partial charge is 0.245 e. The lowest BCUT2D eigenvalue weighted by Crippen LogP contribution is -2.55. The number of hydrogen-bond acceptors (Lipinski definition) is 6. The Labute approximate surface area is 176 Å². The molecule has 2 amide bonds. The first-order chi connectivity index (χ1) is 14.4. The summed E-state index contributed by atoms with van der Waals surface area (Å²) in [5, 5.41) is 0. The van der Waals surface area contributed by atoms with E-state index in [1.807, 2.05) is 25.1 Å². The van der Waals surface area contributed by atoms with Crippen LogP contribution in [0.25, 0.3) is 0 Å². The highest BCUT2D eigenvalue weighted by Gasteiger charge is 2.39. The van der Waals surface area contributed by atoms with Gasteiger partial charge in [0.2, 0.25) is 28.6 Å². The summed E-state index contributed by atoms with van der Waals surface area (Å²) in [6.07, 6.45) is 1.39. The normalized spacial score (nSPS) is 22.0. The predicted molar refractivity (Wildman–Crippen MR) is 108 cm³/mol. The van der Waals surface area contributed by atoms with Crippen molar-refractivity contribution in [2.24, 2.45) is 0 Å². The first-order valence-electron chi connectivity index (χ1n) is 10.3. The number of amides is 2. The topological polar surface area (TPSA) is 96.5 Å². The monoisotopic (exact) mass is 437 g/mol. The van der Waals surface area contributed by atoms with Gasteiger partial charge in [0.05, 0.1) is 5.75 Å². The van der Waals surface area contributed by atoms with Gasteiger partial charge in [0.15, 0.2) is 11.5 Å². The van der Waals surface area contributed by atoms with E-state index in [1.165, 1.54) is 4.31 Å². The van der Waals surface area contributed by atoms with Crippen LogP contribution in [-0.4, -0.2) is 79.1 Å². The number of hydrogen-bond donors (Lipinski definition) is 0. The van der Waals surface area contributed by atoms with Crippen molar-refractivity contribution < 1.29 is 27.5 Å². The maximum absolute atomic E-state index is 13.1. The van der Waals surface area contributed by atoms with Crippen molar-refractivity contribution in [3.8, 4) is 11.5 Å². The number of ether oxygens (including phenoxy) is 2. The number of likely N-dealkylation sites (tertiary alicyclic amines) is 1. The largest absolute Gasteiger partial charge is 0.454 e. The van der Waals surface area contributed by atoms with Crippen molar-refractivity contribution in [1.82, 2.24) is 14.1 Å². The molecule has 1 aromatic carbocycles. The van der Waals surface area contributed by atoms with E-state index in [2.05, 4.69) is 0 Å². The molecule has 2 saturated heterocycles. The Balaban J connectivity index is 1.40. The van der Waals surface area contributed by atoms with E-state index in [0.29, 0.717) is 63.5 Å². The van der Waals surface area contributed by atoms with E-state index >= 15 is 0 Å². The molecule has 0 saturated carbocycles. The van der Waals surface area contributed by atoms with Crippen molar-refractivity contribution >= 4 is 21.8 Å². The Kier molecular flexibility index (Phi) is 5.88. The quantitative estimate of drug-likeness (QED) is 0.653. The van der Waals surface area contributed by atoms with Crippen LogP contribution in [0, 0.1) is 0 Å². The van der Waals surface area contributed by atoms with E-state index < -0.39 is 16.1 Å². The molecule has 3 aliphatic rings. The zero-order chi connectivity index (χ0) is 21.3. The maximum Gasteiger partial charge on any atom is 0.245 e. The van der Waals surface area contributed by atoms with E-state index in [-0.39, 0.29) is 24.4 Å². The number of nitrogens with zero attached hydrogens (tertiary/aromatic N) is 3. The molecule has 4 rings (SSSR count). The molecule has 0 aliphatic carbocycles.